The maximum Gasteiger partial charge on any atom is 0.306 e. The van der Waals surface area contributed by atoms with E-state index in [0.29, 0.717) is 19.3 Å². The molecule has 0 aromatic carbocycles. The van der Waals surface area contributed by atoms with E-state index in [4.69, 9.17) is 14.2 Å². The SMILES string of the molecule is CC/C=C\C/C=C\C/C=C\CCCCCCCCCC(=O)OCC(COC(=O)CCCCCCCCCCCCCC)OC(=O)CCCCCCC/C=C\CCCCCC. The van der Waals surface area contributed by atoms with Crippen LogP contribution in [0.4, 0.5) is 0 Å². The summed E-state index contributed by atoms with van der Waals surface area (Å²) in [6.45, 7) is 6.50. The van der Waals surface area contributed by atoms with Gasteiger partial charge in [0.05, 0.1) is 0 Å². The van der Waals surface area contributed by atoms with E-state index in [2.05, 4.69) is 69.4 Å². The van der Waals surface area contributed by atoms with E-state index in [1.807, 2.05) is 0 Å². The summed E-state index contributed by atoms with van der Waals surface area (Å²) in [6.07, 6.45) is 58.0. The Hall–Kier alpha value is -2.63. The lowest BCUT2D eigenvalue weighted by Crippen LogP contribution is -2.30. The minimum absolute atomic E-state index is 0.0774. The quantitative estimate of drug-likeness (QED) is 0.0263. The molecule has 60 heavy (non-hydrogen) atoms. The van der Waals surface area contributed by atoms with E-state index in [1.165, 1.54) is 122 Å². The van der Waals surface area contributed by atoms with Crippen molar-refractivity contribution in [3.63, 3.8) is 0 Å². The molecule has 0 aromatic heterocycles. The molecule has 0 bridgehead atoms. The van der Waals surface area contributed by atoms with Crippen molar-refractivity contribution in [1.82, 2.24) is 0 Å². The Morgan fingerprint density at radius 2 is 0.650 bits per heavy atom. The van der Waals surface area contributed by atoms with Gasteiger partial charge in [-0.05, 0) is 77.0 Å². The lowest BCUT2D eigenvalue weighted by molar-refractivity contribution is -0.167. The van der Waals surface area contributed by atoms with E-state index in [0.717, 1.165) is 96.3 Å². The molecule has 0 N–H and O–H groups in total. The van der Waals surface area contributed by atoms with Gasteiger partial charge in [0.25, 0.3) is 0 Å². The van der Waals surface area contributed by atoms with Crippen LogP contribution in [0, 0.1) is 0 Å². The number of carbonyl (C=O) groups excluding carboxylic acids is 3. The topological polar surface area (TPSA) is 78.9 Å². The van der Waals surface area contributed by atoms with Gasteiger partial charge in [0.15, 0.2) is 6.10 Å². The number of esters is 3. The van der Waals surface area contributed by atoms with Gasteiger partial charge in [-0.3, -0.25) is 14.4 Å². The number of hydrogen-bond donors (Lipinski definition) is 0. The predicted octanol–water partition coefficient (Wildman–Crippen LogP) is 16.7. The van der Waals surface area contributed by atoms with E-state index < -0.39 is 6.10 Å². The van der Waals surface area contributed by atoms with E-state index in [1.54, 1.807) is 0 Å². The summed E-state index contributed by atoms with van der Waals surface area (Å²) < 4.78 is 16.8. The molecule has 0 aliphatic carbocycles. The molecular formula is C54H96O6. The minimum atomic E-state index is -0.777. The molecular weight excluding hydrogens is 745 g/mol. The van der Waals surface area contributed by atoms with Crippen LogP contribution in [0.2, 0.25) is 0 Å². The summed E-state index contributed by atoms with van der Waals surface area (Å²) in [7, 11) is 0. The molecule has 0 amide bonds. The first kappa shape index (κ1) is 57.4. The largest absolute Gasteiger partial charge is 0.462 e. The lowest BCUT2D eigenvalue weighted by atomic mass is 10.0. The van der Waals surface area contributed by atoms with Gasteiger partial charge in [0.2, 0.25) is 0 Å². The maximum absolute atomic E-state index is 12.8. The summed E-state index contributed by atoms with van der Waals surface area (Å²) in [5.74, 6) is -0.890. The number of unbranched alkanes of at least 4 members (excludes halogenated alkanes) is 27. The molecule has 0 radical (unpaired) electrons. The fourth-order valence-electron chi connectivity index (χ4n) is 7.22. The van der Waals surface area contributed by atoms with Crippen molar-refractivity contribution in [2.24, 2.45) is 0 Å². The van der Waals surface area contributed by atoms with Gasteiger partial charge >= 0.3 is 17.9 Å². The van der Waals surface area contributed by atoms with Crippen LogP contribution in [-0.4, -0.2) is 37.2 Å². The Labute approximate surface area is 371 Å². The number of ether oxygens (including phenoxy) is 3. The summed E-state index contributed by atoms with van der Waals surface area (Å²) >= 11 is 0. The Bertz CT molecular complexity index is 1060. The predicted molar refractivity (Wildman–Crippen MR) is 256 cm³/mol. The van der Waals surface area contributed by atoms with Crippen LogP contribution in [0.1, 0.15) is 258 Å². The fourth-order valence-corrected chi connectivity index (χ4v) is 7.22. The van der Waals surface area contributed by atoms with Gasteiger partial charge in [0, 0.05) is 19.3 Å². The molecule has 1 atom stereocenters. The smallest absolute Gasteiger partial charge is 0.306 e. The van der Waals surface area contributed by atoms with Crippen molar-refractivity contribution in [2.45, 2.75) is 264 Å². The first-order valence-electron chi connectivity index (χ1n) is 25.6. The molecule has 0 rings (SSSR count). The summed E-state index contributed by atoms with van der Waals surface area (Å²) in [5.41, 5.74) is 0. The second kappa shape index (κ2) is 49.0. The lowest BCUT2D eigenvalue weighted by Gasteiger charge is -2.18. The zero-order chi connectivity index (χ0) is 43.7. The van der Waals surface area contributed by atoms with E-state index in [-0.39, 0.29) is 31.1 Å². The van der Waals surface area contributed by atoms with Crippen molar-refractivity contribution in [1.29, 1.82) is 0 Å². The molecule has 0 saturated carbocycles. The molecule has 348 valence electrons. The molecule has 0 aromatic rings. The zero-order valence-electron chi connectivity index (χ0n) is 39.7. The highest BCUT2D eigenvalue weighted by atomic mass is 16.6. The minimum Gasteiger partial charge on any atom is -0.462 e. The second-order valence-corrected chi connectivity index (χ2v) is 17.1. The number of carbonyl (C=O) groups is 3. The average molecular weight is 841 g/mol. The van der Waals surface area contributed by atoms with Crippen LogP contribution in [0.5, 0.6) is 0 Å². The first-order chi connectivity index (χ1) is 29.5. The molecule has 6 heteroatoms. The standard InChI is InChI=1S/C54H96O6/c1-4-7-10-13-16-19-22-25-26-27-28-30-32-35-38-41-44-47-53(56)59-50-51(49-58-52(55)46-43-40-37-34-31-24-21-18-15-12-9-6-3)60-54(57)48-45-42-39-36-33-29-23-20-17-14-11-8-5-2/h7,10,16,19-20,23,25-26,51H,4-6,8-9,11-15,17-18,21-22,24,27-50H2,1-3H3/b10-7-,19-16-,23-20-,26-25-. The van der Waals surface area contributed by atoms with Crippen LogP contribution in [0.3, 0.4) is 0 Å². The van der Waals surface area contributed by atoms with Gasteiger partial charge in [-0.25, -0.2) is 0 Å². The fraction of sp³-hybridized carbons (Fsp3) is 0.796. The maximum atomic E-state index is 12.8. The molecule has 0 spiro atoms. The third kappa shape index (κ3) is 46.4. The van der Waals surface area contributed by atoms with Gasteiger partial charge in [-0.2, -0.15) is 0 Å². The highest BCUT2D eigenvalue weighted by Crippen LogP contribution is 2.15. The Morgan fingerprint density at radius 1 is 0.350 bits per heavy atom. The average Bonchev–Trinajstić information content (AvgIpc) is 3.24. The normalized spacial score (nSPS) is 12.4. The van der Waals surface area contributed by atoms with Crippen LogP contribution in [0.25, 0.3) is 0 Å². The van der Waals surface area contributed by atoms with Gasteiger partial charge < -0.3 is 14.2 Å². The molecule has 0 aliphatic heterocycles. The van der Waals surface area contributed by atoms with Crippen molar-refractivity contribution >= 4 is 17.9 Å². The third-order valence-electron chi connectivity index (χ3n) is 11.1. The first-order valence-corrected chi connectivity index (χ1v) is 25.6. The summed E-state index contributed by atoms with van der Waals surface area (Å²) in [4.78, 5) is 37.9. The zero-order valence-corrected chi connectivity index (χ0v) is 39.7. The van der Waals surface area contributed by atoms with Crippen LogP contribution < -0.4 is 0 Å². The highest BCUT2D eigenvalue weighted by molar-refractivity contribution is 5.71. The van der Waals surface area contributed by atoms with E-state index in [9.17, 15) is 14.4 Å². The summed E-state index contributed by atoms with van der Waals surface area (Å²) in [5, 5.41) is 0. The number of rotatable bonds is 46. The molecule has 1 unspecified atom stereocenters. The van der Waals surface area contributed by atoms with Gasteiger partial charge in [0.1, 0.15) is 13.2 Å². The van der Waals surface area contributed by atoms with Crippen molar-refractivity contribution in [3.8, 4) is 0 Å². The molecule has 6 nitrogen and oxygen atoms in total. The monoisotopic (exact) mass is 841 g/mol. The molecule has 0 fully saturated rings. The molecule has 0 aliphatic rings. The van der Waals surface area contributed by atoms with Gasteiger partial charge in [-0.15, -0.1) is 0 Å². The third-order valence-corrected chi connectivity index (χ3v) is 11.1. The van der Waals surface area contributed by atoms with Crippen molar-refractivity contribution < 1.29 is 28.6 Å². The van der Waals surface area contributed by atoms with Crippen molar-refractivity contribution in [3.05, 3.63) is 48.6 Å². The molecule has 0 saturated heterocycles. The van der Waals surface area contributed by atoms with Crippen molar-refractivity contribution in [2.75, 3.05) is 13.2 Å². The highest BCUT2D eigenvalue weighted by Gasteiger charge is 2.19. The van der Waals surface area contributed by atoms with Crippen LogP contribution >= 0.6 is 0 Å². The molecule has 0 heterocycles. The van der Waals surface area contributed by atoms with Crippen LogP contribution in [0.15, 0.2) is 48.6 Å². The second-order valence-electron chi connectivity index (χ2n) is 17.1. The Morgan fingerprint density at radius 3 is 1.05 bits per heavy atom. The van der Waals surface area contributed by atoms with Crippen LogP contribution in [-0.2, 0) is 28.6 Å². The Kier molecular flexibility index (Phi) is 46.9. The number of hydrogen-bond acceptors (Lipinski definition) is 6. The number of allylic oxidation sites excluding steroid dienone is 8. The van der Waals surface area contributed by atoms with Gasteiger partial charge in [-0.1, -0.05) is 211 Å². The van der Waals surface area contributed by atoms with E-state index >= 15 is 0 Å². The Balaban J connectivity index is 4.37. The summed E-state index contributed by atoms with van der Waals surface area (Å²) in [6, 6.07) is 0.